The molecule has 0 fully saturated rings. The number of carbonyl (C=O) groups is 1. The molecule has 0 heterocycles. The van der Waals surface area contributed by atoms with Crippen LogP contribution in [0.15, 0.2) is 72.8 Å². The van der Waals surface area contributed by atoms with E-state index in [0.29, 0.717) is 0 Å². The summed E-state index contributed by atoms with van der Waals surface area (Å²) in [6.45, 7) is 0. The Kier molecular flexibility index (Phi) is 5.16. The van der Waals surface area contributed by atoms with E-state index >= 15 is 0 Å². The molecule has 0 saturated carbocycles. The first kappa shape index (κ1) is 16.8. The summed E-state index contributed by atoms with van der Waals surface area (Å²) in [6.07, 6.45) is 2.94. The molecule has 0 aliphatic rings. The number of anilines is 1. The first-order chi connectivity index (χ1) is 12.1. The number of hydrogen-bond donors (Lipinski definition) is 2. The van der Waals surface area contributed by atoms with Crippen molar-refractivity contribution in [2.24, 2.45) is 0 Å². The highest BCUT2D eigenvalue weighted by Crippen LogP contribution is 2.22. The lowest BCUT2D eigenvalue weighted by molar-refractivity contribution is -0.115. The molecule has 0 saturated heterocycles. The van der Waals surface area contributed by atoms with E-state index in [1.54, 1.807) is 18.2 Å². The maximum Gasteiger partial charge on any atom is 0.250 e. The van der Waals surface area contributed by atoms with E-state index in [1.807, 2.05) is 42.5 Å². The Labute approximate surface area is 150 Å². The lowest BCUT2D eigenvalue weighted by Crippen LogP contribution is -2.32. The number of rotatable bonds is 3. The van der Waals surface area contributed by atoms with Crippen LogP contribution in [-0.4, -0.2) is 11.0 Å². The minimum absolute atomic E-state index is 0.213. The van der Waals surface area contributed by atoms with Crippen molar-refractivity contribution in [3.8, 4) is 0 Å². The molecule has 3 aromatic carbocycles. The van der Waals surface area contributed by atoms with Gasteiger partial charge in [0.15, 0.2) is 5.11 Å². The zero-order valence-corrected chi connectivity index (χ0v) is 14.0. The first-order valence-corrected chi connectivity index (χ1v) is 8.06. The van der Waals surface area contributed by atoms with E-state index in [9.17, 15) is 9.18 Å². The number of halogens is 1. The summed E-state index contributed by atoms with van der Waals surface area (Å²) in [7, 11) is 0. The van der Waals surface area contributed by atoms with Gasteiger partial charge in [-0.3, -0.25) is 10.1 Å². The van der Waals surface area contributed by atoms with Gasteiger partial charge in [-0.1, -0.05) is 48.5 Å². The largest absolute Gasteiger partial charge is 0.332 e. The van der Waals surface area contributed by atoms with Crippen molar-refractivity contribution in [1.29, 1.82) is 0 Å². The van der Waals surface area contributed by atoms with Crippen LogP contribution in [0.5, 0.6) is 0 Å². The van der Waals surface area contributed by atoms with E-state index in [1.165, 1.54) is 18.2 Å². The number of carbonyl (C=O) groups excluding carboxylic acids is 1. The average molecular weight is 350 g/mol. The van der Waals surface area contributed by atoms with E-state index in [4.69, 9.17) is 12.2 Å². The van der Waals surface area contributed by atoms with E-state index in [2.05, 4.69) is 10.6 Å². The third-order valence-electron chi connectivity index (χ3n) is 3.57. The number of nitrogens with one attached hydrogen (secondary N) is 2. The van der Waals surface area contributed by atoms with Gasteiger partial charge in [-0.15, -0.1) is 0 Å². The van der Waals surface area contributed by atoms with E-state index < -0.39 is 0 Å². The Hall–Kier alpha value is -3.05. The molecule has 0 bridgehead atoms. The predicted molar refractivity (Wildman–Crippen MR) is 104 cm³/mol. The third kappa shape index (κ3) is 4.49. The quantitative estimate of drug-likeness (QED) is 0.540. The molecule has 0 aliphatic heterocycles. The fraction of sp³-hybridized carbons (Fsp3) is 0. The maximum absolute atomic E-state index is 12.8. The van der Waals surface area contributed by atoms with Gasteiger partial charge < -0.3 is 5.32 Å². The summed E-state index contributed by atoms with van der Waals surface area (Å²) >= 11 is 5.20. The molecule has 0 aromatic heterocycles. The highest BCUT2D eigenvalue weighted by molar-refractivity contribution is 7.80. The lowest BCUT2D eigenvalue weighted by Gasteiger charge is -2.10. The Morgan fingerprint density at radius 2 is 1.68 bits per heavy atom. The van der Waals surface area contributed by atoms with Crippen molar-refractivity contribution in [2.75, 3.05) is 5.32 Å². The molecule has 0 atom stereocenters. The molecule has 124 valence electrons. The zero-order valence-electron chi connectivity index (χ0n) is 13.2. The second kappa shape index (κ2) is 7.68. The summed E-state index contributed by atoms with van der Waals surface area (Å²) in [4.78, 5) is 11.9. The maximum atomic E-state index is 12.8. The molecule has 3 nitrogen and oxygen atoms in total. The third-order valence-corrected chi connectivity index (χ3v) is 3.78. The minimum Gasteiger partial charge on any atom is -0.332 e. The summed E-state index contributed by atoms with van der Waals surface area (Å²) < 4.78 is 12.8. The fourth-order valence-corrected chi connectivity index (χ4v) is 2.60. The second-order valence-electron chi connectivity index (χ2n) is 5.35. The Bertz CT molecular complexity index is 946. The first-order valence-electron chi connectivity index (χ1n) is 7.65. The summed E-state index contributed by atoms with van der Waals surface area (Å²) in [5.74, 6) is -0.677. The monoisotopic (exact) mass is 350 g/mol. The van der Waals surface area contributed by atoms with Crippen LogP contribution < -0.4 is 10.6 Å². The van der Waals surface area contributed by atoms with Gasteiger partial charge in [-0.05, 0) is 47.4 Å². The summed E-state index contributed by atoms with van der Waals surface area (Å²) in [6, 6.07) is 19.6. The molecule has 0 unspecified atom stereocenters. The average Bonchev–Trinajstić information content (AvgIpc) is 2.61. The van der Waals surface area contributed by atoms with Gasteiger partial charge in [0.1, 0.15) is 5.82 Å². The topological polar surface area (TPSA) is 41.1 Å². The number of fused-ring (bicyclic) bond motifs is 1. The molecule has 0 spiro atoms. The van der Waals surface area contributed by atoms with Crippen molar-refractivity contribution in [1.82, 2.24) is 5.32 Å². The smallest absolute Gasteiger partial charge is 0.250 e. The van der Waals surface area contributed by atoms with Crippen LogP contribution in [0.25, 0.3) is 16.8 Å². The number of amides is 1. The van der Waals surface area contributed by atoms with E-state index in [0.717, 1.165) is 22.0 Å². The molecular formula is C20H15FN2OS. The van der Waals surface area contributed by atoms with Crippen molar-refractivity contribution in [2.45, 2.75) is 0 Å². The van der Waals surface area contributed by atoms with Crippen LogP contribution in [0.1, 0.15) is 5.56 Å². The van der Waals surface area contributed by atoms with Crippen LogP contribution >= 0.6 is 12.2 Å². The minimum atomic E-state index is -0.359. The molecule has 3 aromatic rings. The van der Waals surface area contributed by atoms with Gasteiger partial charge in [0.25, 0.3) is 0 Å². The standard InChI is InChI=1S/C20H15FN2OS/c21-16-11-8-14(9-12-16)10-13-19(24)23-20(25)22-18-7-3-5-15-4-1-2-6-17(15)18/h1-13H,(H2,22,23,24,25). The predicted octanol–water partition coefficient (Wildman–Crippen LogP) is 4.51. The highest BCUT2D eigenvalue weighted by atomic mass is 32.1. The molecular weight excluding hydrogens is 335 g/mol. The molecule has 5 heteroatoms. The number of thiocarbonyl (C=S) groups is 1. The number of benzene rings is 3. The Morgan fingerprint density at radius 1 is 0.960 bits per heavy atom. The van der Waals surface area contributed by atoms with Gasteiger partial charge in [-0.2, -0.15) is 0 Å². The van der Waals surface area contributed by atoms with Gasteiger partial charge in [0.2, 0.25) is 5.91 Å². The molecule has 2 N–H and O–H groups in total. The normalized spacial score (nSPS) is 10.8. The van der Waals surface area contributed by atoms with Gasteiger partial charge in [0, 0.05) is 17.1 Å². The molecule has 1 amide bonds. The van der Waals surface area contributed by atoms with Crippen molar-refractivity contribution < 1.29 is 9.18 Å². The van der Waals surface area contributed by atoms with Crippen molar-refractivity contribution >= 4 is 45.8 Å². The summed E-state index contributed by atoms with van der Waals surface area (Å²) in [5, 5.41) is 7.94. The fourth-order valence-electron chi connectivity index (χ4n) is 2.39. The number of hydrogen-bond acceptors (Lipinski definition) is 2. The van der Waals surface area contributed by atoms with Crippen LogP contribution in [0.4, 0.5) is 10.1 Å². The van der Waals surface area contributed by atoms with Crippen molar-refractivity contribution in [3.63, 3.8) is 0 Å². The second-order valence-corrected chi connectivity index (χ2v) is 5.76. The van der Waals surface area contributed by atoms with Crippen LogP contribution in [0.2, 0.25) is 0 Å². The van der Waals surface area contributed by atoms with Crippen LogP contribution in [0.3, 0.4) is 0 Å². The molecule has 0 aliphatic carbocycles. The molecule has 25 heavy (non-hydrogen) atoms. The van der Waals surface area contributed by atoms with E-state index in [-0.39, 0.29) is 16.8 Å². The van der Waals surface area contributed by atoms with Crippen molar-refractivity contribution in [3.05, 3.63) is 84.2 Å². The van der Waals surface area contributed by atoms with Crippen LogP contribution in [-0.2, 0) is 4.79 Å². The Balaban J connectivity index is 1.63. The van der Waals surface area contributed by atoms with Gasteiger partial charge in [0.05, 0.1) is 0 Å². The zero-order chi connectivity index (χ0) is 17.6. The lowest BCUT2D eigenvalue weighted by atomic mass is 10.1. The van der Waals surface area contributed by atoms with Gasteiger partial charge >= 0.3 is 0 Å². The highest BCUT2D eigenvalue weighted by Gasteiger charge is 2.04. The molecule has 0 radical (unpaired) electrons. The summed E-state index contributed by atoms with van der Waals surface area (Å²) in [5.41, 5.74) is 1.55. The van der Waals surface area contributed by atoms with Gasteiger partial charge in [-0.25, -0.2) is 4.39 Å². The molecule has 3 rings (SSSR count). The van der Waals surface area contributed by atoms with Crippen LogP contribution in [0, 0.1) is 5.82 Å². The SMILES string of the molecule is O=C(C=Cc1ccc(F)cc1)NC(=S)Nc1cccc2ccccc12. The Morgan fingerprint density at radius 3 is 2.48 bits per heavy atom.